The molecule has 0 atom stereocenters. The van der Waals surface area contributed by atoms with Crippen molar-refractivity contribution in [3.8, 4) is 0 Å². The van der Waals surface area contributed by atoms with E-state index in [0.29, 0.717) is 5.75 Å². The molecule has 0 aliphatic rings. The van der Waals surface area contributed by atoms with Crippen LogP contribution in [0.1, 0.15) is 6.42 Å². The molecule has 3 nitrogen and oxygen atoms in total. The van der Waals surface area contributed by atoms with Crippen LogP contribution < -0.4 is 5.48 Å². The van der Waals surface area contributed by atoms with Gasteiger partial charge in [0.1, 0.15) is 0 Å². The van der Waals surface area contributed by atoms with Gasteiger partial charge in [0, 0.05) is 6.42 Å². The molecule has 0 aromatic carbocycles. The Balaban J connectivity index is 3.00. The van der Waals surface area contributed by atoms with Crippen molar-refractivity contribution in [2.45, 2.75) is 6.42 Å². The van der Waals surface area contributed by atoms with Gasteiger partial charge in [0.25, 0.3) is 0 Å². The highest BCUT2D eigenvalue weighted by Crippen LogP contribution is 1.80. The van der Waals surface area contributed by atoms with Gasteiger partial charge in [-0.25, -0.2) is 5.48 Å². The Bertz CT molecular complexity index is 66.0. The molecule has 0 aromatic heterocycles. The molecular weight excluding hydrogens is 114 g/mol. The average Bonchev–Trinajstić information content (AvgIpc) is 1.68. The molecule has 0 bridgehead atoms. The molecule has 0 spiro atoms. The SMILES string of the molecule is O=C(CCS)NO. The largest absolute Gasteiger partial charge is 0.289 e. The zero-order valence-corrected chi connectivity index (χ0v) is 4.61. The maximum atomic E-state index is 10.0. The number of hydroxylamine groups is 1. The first-order valence-electron chi connectivity index (χ1n) is 1.85. The molecule has 1 amide bonds. The maximum absolute atomic E-state index is 10.0. The molecule has 7 heavy (non-hydrogen) atoms. The van der Waals surface area contributed by atoms with E-state index in [1.807, 2.05) is 0 Å². The second kappa shape index (κ2) is 3.95. The number of hydrogen-bond donors (Lipinski definition) is 3. The first-order valence-corrected chi connectivity index (χ1v) is 2.48. The molecule has 0 saturated heterocycles. The third-order valence-electron chi connectivity index (χ3n) is 0.464. The monoisotopic (exact) mass is 121 g/mol. The maximum Gasteiger partial charge on any atom is 0.244 e. The highest BCUT2D eigenvalue weighted by Gasteiger charge is 1.91. The Morgan fingerprint density at radius 2 is 2.43 bits per heavy atom. The zero-order valence-electron chi connectivity index (χ0n) is 3.72. The number of rotatable bonds is 2. The summed E-state index contributed by atoms with van der Waals surface area (Å²) in [5, 5.41) is 7.83. The summed E-state index contributed by atoms with van der Waals surface area (Å²) in [4.78, 5) is 10.0. The predicted molar refractivity (Wildman–Crippen MR) is 28.4 cm³/mol. The van der Waals surface area contributed by atoms with Crippen LogP contribution in [-0.2, 0) is 4.79 Å². The highest BCUT2D eigenvalue weighted by atomic mass is 32.1. The van der Waals surface area contributed by atoms with Crippen molar-refractivity contribution in [3.05, 3.63) is 0 Å². The summed E-state index contributed by atoms with van der Waals surface area (Å²) in [5.41, 5.74) is 1.48. The van der Waals surface area contributed by atoms with E-state index in [1.165, 1.54) is 5.48 Å². The van der Waals surface area contributed by atoms with Gasteiger partial charge < -0.3 is 0 Å². The molecule has 0 aliphatic carbocycles. The van der Waals surface area contributed by atoms with Crippen LogP contribution in [0.25, 0.3) is 0 Å². The minimum atomic E-state index is -0.394. The summed E-state index contributed by atoms with van der Waals surface area (Å²) in [6.07, 6.45) is 0.264. The Kier molecular flexibility index (Phi) is 3.83. The molecule has 0 aliphatic heterocycles. The lowest BCUT2D eigenvalue weighted by Crippen LogP contribution is -2.18. The quantitative estimate of drug-likeness (QED) is 0.269. The predicted octanol–water partition coefficient (Wildman–Crippen LogP) is -0.188. The van der Waals surface area contributed by atoms with Gasteiger partial charge in [-0.05, 0) is 5.75 Å². The molecule has 0 saturated carbocycles. The number of carbonyl (C=O) groups is 1. The van der Waals surface area contributed by atoms with E-state index in [0.717, 1.165) is 0 Å². The van der Waals surface area contributed by atoms with Crippen molar-refractivity contribution in [2.75, 3.05) is 5.75 Å². The molecule has 0 fully saturated rings. The second-order valence-corrected chi connectivity index (χ2v) is 1.46. The van der Waals surface area contributed by atoms with E-state index in [9.17, 15) is 4.79 Å². The summed E-state index contributed by atoms with van der Waals surface area (Å²) >= 11 is 3.74. The first kappa shape index (κ1) is 6.78. The van der Waals surface area contributed by atoms with Gasteiger partial charge in [-0.2, -0.15) is 12.6 Å². The van der Waals surface area contributed by atoms with Crippen molar-refractivity contribution >= 4 is 18.5 Å². The Labute approximate surface area is 47.1 Å². The topological polar surface area (TPSA) is 49.3 Å². The molecule has 0 radical (unpaired) electrons. The molecule has 0 unspecified atom stereocenters. The molecule has 0 rings (SSSR count). The van der Waals surface area contributed by atoms with Gasteiger partial charge in [0.05, 0.1) is 0 Å². The van der Waals surface area contributed by atoms with Gasteiger partial charge >= 0.3 is 0 Å². The summed E-state index contributed by atoms with van der Waals surface area (Å²) in [7, 11) is 0. The van der Waals surface area contributed by atoms with E-state index in [1.54, 1.807) is 0 Å². The first-order chi connectivity index (χ1) is 3.31. The van der Waals surface area contributed by atoms with Crippen molar-refractivity contribution < 1.29 is 10.0 Å². The normalized spacial score (nSPS) is 8.29. The summed E-state index contributed by atoms with van der Waals surface area (Å²) in [5.74, 6) is 0.0712. The van der Waals surface area contributed by atoms with Gasteiger partial charge in [-0.1, -0.05) is 0 Å². The van der Waals surface area contributed by atoms with Crippen LogP contribution >= 0.6 is 12.6 Å². The van der Waals surface area contributed by atoms with Gasteiger partial charge in [0.2, 0.25) is 5.91 Å². The van der Waals surface area contributed by atoms with Crippen LogP contribution in [0, 0.1) is 0 Å². The lowest BCUT2D eigenvalue weighted by Gasteiger charge is -1.89. The van der Waals surface area contributed by atoms with Crippen LogP contribution in [0.5, 0.6) is 0 Å². The average molecular weight is 121 g/mol. The van der Waals surface area contributed by atoms with E-state index < -0.39 is 5.91 Å². The van der Waals surface area contributed by atoms with Gasteiger partial charge in [-0.15, -0.1) is 0 Å². The minimum absolute atomic E-state index is 0.264. The van der Waals surface area contributed by atoms with Crippen LogP contribution in [0.15, 0.2) is 0 Å². The molecule has 2 N–H and O–H groups in total. The lowest BCUT2D eigenvalue weighted by atomic mass is 10.5. The smallest absolute Gasteiger partial charge is 0.244 e. The number of amides is 1. The summed E-state index contributed by atoms with van der Waals surface area (Å²) in [6, 6.07) is 0. The minimum Gasteiger partial charge on any atom is -0.289 e. The van der Waals surface area contributed by atoms with Crippen molar-refractivity contribution in [2.24, 2.45) is 0 Å². The van der Waals surface area contributed by atoms with Crippen LogP contribution in [0.2, 0.25) is 0 Å². The molecule has 0 heterocycles. The van der Waals surface area contributed by atoms with E-state index in [4.69, 9.17) is 5.21 Å². The molecule has 0 aromatic rings. The third kappa shape index (κ3) is 3.61. The fourth-order valence-corrected chi connectivity index (χ4v) is 0.361. The standard InChI is InChI=1S/C3H7NO2S/c5-3(4-6)1-2-7/h6-7H,1-2H2,(H,4,5). The summed E-state index contributed by atoms with van der Waals surface area (Å²) in [6.45, 7) is 0. The fourth-order valence-electron chi connectivity index (χ4n) is 0.157. The van der Waals surface area contributed by atoms with Crippen molar-refractivity contribution in [1.29, 1.82) is 0 Å². The molecule has 42 valence electrons. The number of carbonyl (C=O) groups excluding carboxylic acids is 1. The van der Waals surface area contributed by atoms with Gasteiger partial charge in [0.15, 0.2) is 0 Å². The zero-order chi connectivity index (χ0) is 5.70. The van der Waals surface area contributed by atoms with Crippen molar-refractivity contribution in [3.63, 3.8) is 0 Å². The summed E-state index contributed by atoms with van der Waals surface area (Å²) < 4.78 is 0. The fraction of sp³-hybridized carbons (Fsp3) is 0.667. The molecule has 4 heteroatoms. The number of thiol groups is 1. The van der Waals surface area contributed by atoms with E-state index in [2.05, 4.69) is 12.6 Å². The van der Waals surface area contributed by atoms with Crippen molar-refractivity contribution in [1.82, 2.24) is 5.48 Å². The van der Waals surface area contributed by atoms with Crippen LogP contribution in [-0.4, -0.2) is 16.9 Å². The van der Waals surface area contributed by atoms with Crippen LogP contribution in [0.4, 0.5) is 0 Å². The number of hydrogen-bond acceptors (Lipinski definition) is 3. The highest BCUT2D eigenvalue weighted by molar-refractivity contribution is 7.80. The van der Waals surface area contributed by atoms with E-state index >= 15 is 0 Å². The molecular formula is C3H7NO2S. The Hall–Kier alpha value is -0.220. The van der Waals surface area contributed by atoms with Crippen LogP contribution in [0.3, 0.4) is 0 Å². The lowest BCUT2D eigenvalue weighted by molar-refractivity contribution is -0.128. The van der Waals surface area contributed by atoms with Gasteiger partial charge in [-0.3, -0.25) is 10.0 Å². The Morgan fingerprint density at radius 3 is 2.57 bits per heavy atom. The second-order valence-electron chi connectivity index (χ2n) is 1.01. The Morgan fingerprint density at radius 1 is 1.86 bits per heavy atom. The third-order valence-corrected chi connectivity index (χ3v) is 0.687. The number of nitrogens with one attached hydrogen (secondary N) is 1. The van der Waals surface area contributed by atoms with E-state index in [-0.39, 0.29) is 6.42 Å².